The van der Waals surface area contributed by atoms with Gasteiger partial charge in [-0.05, 0) is 31.0 Å². The number of morpholine rings is 1. The monoisotopic (exact) mass is 266 g/mol. The van der Waals surface area contributed by atoms with Crippen LogP contribution in [-0.4, -0.2) is 37.7 Å². The van der Waals surface area contributed by atoms with Crippen molar-refractivity contribution in [3.05, 3.63) is 23.2 Å². The van der Waals surface area contributed by atoms with E-state index in [1.165, 1.54) is 5.56 Å². The molecule has 0 aliphatic carbocycles. The van der Waals surface area contributed by atoms with Crippen molar-refractivity contribution in [1.29, 1.82) is 0 Å². The minimum atomic E-state index is 0.670. The lowest BCUT2D eigenvalue weighted by Gasteiger charge is -2.25. The smallest absolute Gasteiger partial charge is 0.120 e. The molecule has 0 saturated carbocycles. The number of rotatable bonds is 6. The van der Waals surface area contributed by atoms with Crippen molar-refractivity contribution in [1.82, 2.24) is 10.2 Å². The first-order valence-electron chi connectivity index (χ1n) is 7.24. The van der Waals surface area contributed by atoms with Gasteiger partial charge in [0.1, 0.15) is 11.5 Å². The first-order chi connectivity index (χ1) is 9.15. The Morgan fingerprint density at radius 3 is 2.74 bits per heavy atom. The van der Waals surface area contributed by atoms with Crippen LogP contribution in [0, 0.1) is 12.8 Å². The lowest BCUT2D eigenvalue weighted by Crippen LogP contribution is -2.35. The van der Waals surface area contributed by atoms with Gasteiger partial charge in [-0.1, -0.05) is 13.8 Å². The molecule has 0 amide bonds. The molecule has 1 aromatic heterocycles. The number of nitrogens with one attached hydrogen (secondary N) is 1. The average Bonchev–Trinajstić information content (AvgIpc) is 2.70. The Kier molecular flexibility index (Phi) is 5.43. The van der Waals surface area contributed by atoms with Crippen LogP contribution < -0.4 is 5.32 Å². The topological polar surface area (TPSA) is 37.6 Å². The first kappa shape index (κ1) is 14.6. The third-order valence-corrected chi connectivity index (χ3v) is 3.39. The SMILES string of the molecule is Cc1cc(CN2CCOCC2)oc1CNCC(C)C. The molecule has 4 nitrogen and oxygen atoms in total. The number of ether oxygens (including phenoxy) is 1. The van der Waals surface area contributed by atoms with Crippen LogP contribution in [0.15, 0.2) is 10.5 Å². The van der Waals surface area contributed by atoms with Gasteiger partial charge in [0.05, 0.1) is 26.3 Å². The van der Waals surface area contributed by atoms with Crippen LogP contribution in [0.3, 0.4) is 0 Å². The molecule has 1 aliphatic heterocycles. The van der Waals surface area contributed by atoms with Crippen molar-refractivity contribution >= 4 is 0 Å². The maximum Gasteiger partial charge on any atom is 0.120 e. The van der Waals surface area contributed by atoms with Crippen LogP contribution in [-0.2, 0) is 17.8 Å². The van der Waals surface area contributed by atoms with Gasteiger partial charge in [-0.3, -0.25) is 4.90 Å². The lowest BCUT2D eigenvalue weighted by molar-refractivity contribution is 0.0312. The van der Waals surface area contributed by atoms with E-state index in [-0.39, 0.29) is 0 Å². The summed E-state index contributed by atoms with van der Waals surface area (Å²) in [4.78, 5) is 2.38. The summed E-state index contributed by atoms with van der Waals surface area (Å²) < 4.78 is 11.3. The van der Waals surface area contributed by atoms with Gasteiger partial charge in [-0.25, -0.2) is 0 Å². The highest BCUT2D eigenvalue weighted by molar-refractivity contribution is 5.20. The molecule has 108 valence electrons. The minimum Gasteiger partial charge on any atom is -0.463 e. The van der Waals surface area contributed by atoms with E-state index in [1.807, 2.05) is 0 Å². The summed E-state index contributed by atoms with van der Waals surface area (Å²) in [5.41, 5.74) is 1.25. The highest BCUT2D eigenvalue weighted by atomic mass is 16.5. The van der Waals surface area contributed by atoms with Gasteiger partial charge in [0, 0.05) is 13.1 Å². The van der Waals surface area contributed by atoms with E-state index >= 15 is 0 Å². The standard InChI is InChI=1S/C15H26N2O2/c1-12(2)9-16-10-15-13(3)8-14(19-15)11-17-4-6-18-7-5-17/h8,12,16H,4-7,9-11H2,1-3H3. The fourth-order valence-corrected chi connectivity index (χ4v) is 2.30. The summed E-state index contributed by atoms with van der Waals surface area (Å²) in [6.45, 7) is 13.0. The second kappa shape index (κ2) is 7.08. The maximum absolute atomic E-state index is 5.95. The van der Waals surface area contributed by atoms with Crippen LogP contribution in [0.2, 0.25) is 0 Å². The minimum absolute atomic E-state index is 0.670. The van der Waals surface area contributed by atoms with Crippen LogP contribution in [0.5, 0.6) is 0 Å². The number of aryl methyl sites for hydroxylation is 1. The molecule has 0 atom stereocenters. The maximum atomic E-state index is 5.95. The third kappa shape index (κ3) is 4.64. The van der Waals surface area contributed by atoms with Crippen LogP contribution in [0.4, 0.5) is 0 Å². The Bertz CT molecular complexity index is 381. The second-order valence-corrected chi connectivity index (χ2v) is 5.73. The molecule has 0 aromatic carbocycles. The summed E-state index contributed by atoms with van der Waals surface area (Å²) in [5.74, 6) is 2.81. The van der Waals surface area contributed by atoms with Crippen molar-refractivity contribution in [3.63, 3.8) is 0 Å². The van der Waals surface area contributed by atoms with Crippen LogP contribution >= 0.6 is 0 Å². The zero-order valence-corrected chi connectivity index (χ0v) is 12.4. The number of furan rings is 1. The summed E-state index contributed by atoms with van der Waals surface area (Å²) in [6.07, 6.45) is 0. The Morgan fingerprint density at radius 2 is 2.05 bits per heavy atom. The van der Waals surface area contributed by atoms with Crippen LogP contribution in [0.1, 0.15) is 30.9 Å². The van der Waals surface area contributed by atoms with E-state index in [9.17, 15) is 0 Å². The Morgan fingerprint density at radius 1 is 1.32 bits per heavy atom. The molecule has 0 radical (unpaired) electrons. The normalized spacial score (nSPS) is 17.3. The van der Waals surface area contributed by atoms with Crippen molar-refractivity contribution in [2.24, 2.45) is 5.92 Å². The molecular formula is C15H26N2O2. The molecular weight excluding hydrogens is 240 g/mol. The molecule has 2 heterocycles. The fraction of sp³-hybridized carbons (Fsp3) is 0.733. The largest absolute Gasteiger partial charge is 0.463 e. The Hall–Kier alpha value is -0.840. The van der Waals surface area contributed by atoms with Crippen molar-refractivity contribution in [3.8, 4) is 0 Å². The fourth-order valence-electron chi connectivity index (χ4n) is 2.30. The molecule has 1 fully saturated rings. The zero-order chi connectivity index (χ0) is 13.7. The molecule has 2 rings (SSSR count). The van der Waals surface area contributed by atoms with Crippen molar-refractivity contribution in [2.45, 2.75) is 33.9 Å². The van der Waals surface area contributed by atoms with E-state index in [1.54, 1.807) is 0 Å². The van der Waals surface area contributed by atoms with Crippen molar-refractivity contribution in [2.75, 3.05) is 32.8 Å². The highest BCUT2D eigenvalue weighted by Gasteiger charge is 2.14. The highest BCUT2D eigenvalue weighted by Crippen LogP contribution is 2.17. The van der Waals surface area contributed by atoms with Gasteiger partial charge in [-0.2, -0.15) is 0 Å². The third-order valence-electron chi connectivity index (χ3n) is 3.39. The van der Waals surface area contributed by atoms with E-state index in [0.717, 1.165) is 57.5 Å². The lowest BCUT2D eigenvalue weighted by atomic mass is 10.2. The van der Waals surface area contributed by atoms with Crippen molar-refractivity contribution < 1.29 is 9.15 Å². The molecule has 0 spiro atoms. The molecule has 0 unspecified atom stereocenters. The number of hydrogen-bond acceptors (Lipinski definition) is 4. The van der Waals surface area contributed by atoms with Gasteiger partial charge in [-0.15, -0.1) is 0 Å². The Balaban J connectivity index is 1.84. The molecule has 4 heteroatoms. The second-order valence-electron chi connectivity index (χ2n) is 5.73. The van der Waals surface area contributed by atoms with Gasteiger partial charge < -0.3 is 14.5 Å². The van der Waals surface area contributed by atoms with Gasteiger partial charge in [0.15, 0.2) is 0 Å². The average molecular weight is 266 g/mol. The van der Waals surface area contributed by atoms with E-state index < -0.39 is 0 Å². The van der Waals surface area contributed by atoms with Gasteiger partial charge >= 0.3 is 0 Å². The molecule has 1 saturated heterocycles. The summed E-state index contributed by atoms with van der Waals surface area (Å²) in [7, 11) is 0. The molecule has 1 aliphatic rings. The predicted octanol–water partition coefficient (Wildman–Crippen LogP) is 2.17. The van der Waals surface area contributed by atoms with E-state index in [4.69, 9.17) is 9.15 Å². The molecule has 1 N–H and O–H groups in total. The predicted molar refractivity (Wildman–Crippen MR) is 76.1 cm³/mol. The Labute approximate surface area is 116 Å². The summed E-state index contributed by atoms with van der Waals surface area (Å²) in [6, 6.07) is 2.17. The zero-order valence-electron chi connectivity index (χ0n) is 12.4. The molecule has 1 aromatic rings. The number of hydrogen-bond donors (Lipinski definition) is 1. The van der Waals surface area contributed by atoms with Gasteiger partial charge in [0.25, 0.3) is 0 Å². The van der Waals surface area contributed by atoms with E-state index in [0.29, 0.717) is 5.92 Å². The van der Waals surface area contributed by atoms with Gasteiger partial charge in [0.2, 0.25) is 0 Å². The molecule has 19 heavy (non-hydrogen) atoms. The summed E-state index contributed by atoms with van der Waals surface area (Å²) in [5, 5.41) is 3.43. The summed E-state index contributed by atoms with van der Waals surface area (Å²) >= 11 is 0. The molecule has 0 bridgehead atoms. The first-order valence-corrected chi connectivity index (χ1v) is 7.24. The quantitative estimate of drug-likeness (QED) is 0.856. The number of nitrogens with zero attached hydrogens (tertiary/aromatic N) is 1. The van der Waals surface area contributed by atoms with E-state index in [2.05, 4.69) is 37.1 Å². The van der Waals surface area contributed by atoms with Crippen LogP contribution in [0.25, 0.3) is 0 Å².